The molecular weight excluding hydrogens is 198 g/mol. The fraction of sp³-hybridized carbons (Fsp3) is 0.923. The van der Waals surface area contributed by atoms with Crippen LogP contribution in [0.1, 0.15) is 33.6 Å². The van der Waals surface area contributed by atoms with Gasteiger partial charge in [-0.15, -0.1) is 0 Å². The molecular formula is C13H25N3. The summed E-state index contributed by atoms with van der Waals surface area (Å²) >= 11 is 0. The lowest BCUT2D eigenvalue weighted by atomic mass is 9.92. The molecule has 0 radical (unpaired) electrons. The summed E-state index contributed by atoms with van der Waals surface area (Å²) in [5, 5.41) is 12.6. The van der Waals surface area contributed by atoms with Crippen LogP contribution in [-0.2, 0) is 0 Å². The van der Waals surface area contributed by atoms with E-state index in [4.69, 9.17) is 0 Å². The number of hydrogen-bond donors (Lipinski definition) is 1. The zero-order valence-corrected chi connectivity index (χ0v) is 11.3. The van der Waals surface area contributed by atoms with Crippen molar-refractivity contribution in [1.82, 2.24) is 10.2 Å². The van der Waals surface area contributed by atoms with Crippen molar-refractivity contribution in [2.45, 2.75) is 39.2 Å². The van der Waals surface area contributed by atoms with Gasteiger partial charge < -0.3 is 10.2 Å². The largest absolute Gasteiger partial charge is 0.303 e. The van der Waals surface area contributed by atoms with Crippen LogP contribution in [0.3, 0.4) is 0 Å². The molecule has 0 aromatic rings. The molecule has 1 aliphatic carbocycles. The van der Waals surface area contributed by atoms with Crippen LogP contribution in [0.25, 0.3) is 0 Å². The molecule has 1 rings (SSSR count). The van der Waals surface area contributed by atoms with E-state index in [0.717, 1.165) is 13.1 Å². The van der Waals surface area contributed by atoms with Gasteiger partial charge in [-0.2, -0.15) is 5.26 Å². The van der Waals surface area contributed by atoms with Crippen LogP contribution in [0.2, 0.25) is 0 Å². The average Bonchev–Trinajstić information content (AvgIpc) is 2.94. The number of hydrogen-bond acceptors (Lipinski definition) is 3. The van der Waals surface area contributed by atoms with E-state index in [1.165, 1.54) is 12.8 Å². The molecule has 1 N–H and O–H groups in total. The summed E-state index contributed by atoms with van der Waals surface area (Å²) in [6.45, 7) is 8.53. The van der Waals surface area contributed by atoms with E-state index in [9.17, 15) is 5.26 Å². The molecule has 1 fully saturated rings. The van der Waals surface area contributed by atoms with Gasteiger partial charge in [-0.25, -0.2) is 0 Å². The summed E-state index contributed by atoms with van der Waals surface area (Å²) in [5.74, 6) is 0.546. The van der Waals surface area contributed by atoms with Gasteiger partial charge in [0.05, 0.1) is 6.07 Å². The highest BCUT2D eigenvalue weighted by Gasteiger charge is 2.45. The SMILES string of the molecule is CNC(C#N)(CN(C)CC(C)(C)C)C1CC1. The molecule has 0 bridgehead atoms. The third-order valence-corrected chi connectivity index (χ3v) is 3.18. The average molecular weight is 223 g/mol. The minimum absolute atomic E-state index is 0.285. The second-order valence-corrected chi connectivity index (χ2v) is 6.34. The van der Waals surface area contributed by atoms with Crippen LogP contribution in [0, 0.1) is 22.7 Å². The van der Waals surface area contributed by atoms with Gasteiger partial charge in [0.15, 0.2) is 0 Å². The van der Waals surface area contributed by atoms with E-state index in [1.807, 2.05) is 7.05 Å². The van der Waals surface area contributed by atoms with Crippen LogP contribution < -0.4 is 5.32 Å². The smallest absolute Gasteiger partial charge is 0.122 e. The second-order valence-electron chi connectivity index (χ2n) is 6.34. The summed E-state index contributed by atoms with van der Waals surface area (Å²) in [7, 11) is 4.02. The Balaban J connectivity index is 2.59. The van der Waals surface area contributed by atoms with Gasteiger partial charge in [0.2, 0.25) is 0 Å². The molecule has 0 aromatic carbocycles. The predicted molar refractivity (Wildman–Crippen MR) is 67.1 cm³/mol. The zero-order chi connectivity index (χ0) is 12.4. The minimum Gasteiger partial charge on any atom is -0.303 e. The number of nitriles is 1. The number of rotatable bonds is 5. The lowest BCUT2D eigenvalue weighted by Gasteiger charge is -2.34. The standard InChI is InChI=1S/C13H25N3/c1-12(2,3)9-16(5)10-13(8-14,15-4)11-6-7-11/h11,15H,6-7,9-10H2,1-5H3. The molecule has 0 aromatic heterocycles. The molecule has 0 heterocycles. The summed E-state index contributed by atoms with van der Waals surface area (Å²) in [6.07, 6.45) is 2.38. The van der Waals surface area contributed by atoms with Gasteiger partial charge in [0.25, 0.3) is 0 Å². The zero-order valence-electron chi connectivity index (χ0n) is 11.3. The number of nitrogens with zero attached hydrogens (tertiary/aromatic N) is 2. The fourth-order valence-corrected chi connectivity index (χ4v) is 2.46. The number of nitrogens with one attached hydrogen (secondary N) is 1. The van der Waals surface area contributed by atoms with Crippen molar-refractivity contribution < 1.29 is 0 Å². The molecule has 16 heavy (non-hydrogen) atoms. The molecule has 1 saturated carbocycles. The fourth-order valence-electron chi connectivity index (χ4n) is 2.46. The first kappa shape index (κ1) is 13.5. The van der Waals surface area contributed by atoms with Gasteiger partial charge >= 0.3 is 0 Å². The molecule has 92 valence electrons. The lowest BCUT2D eigenvalue weighted by Crippen LogP contribution is -2.53. The van der Waals surface area contributed by atoms with Crippen molar-refractivity contribution in [3.63, 3.8) is 0 Å². The normalized spacial score (nSPS) is 20.6. The van der Waals surface area contributed by atoms with E-state index in [-0.39, 0.29) is 11.0 Å². The Morgan fingerprint density at radius 3 is 2.19 bits per heavy atom. The molecule has 0 amide bonds. The molecule has 0 aliphatic heterocycles. The molecule has 1 atom stereocenters. The van der Waals surface area contributed by atoms with Crippen molar-refractivity contribution in [2.24, 2.45) is 11.3 Å². The summed E-state index contributed by atoms with van der Waals surface area (Å²) in [5.41, 5.74) is -0.0484. The monoisotopic (exact) mass is 223 g/mol. The van der Waals surface area contributed by atoms with Gasteiger partial charge in [-0.3, -0.25) is 0 Å². The van der Waals surface area contributed by atoms with E-state index in [2.05, 4.69) is 44.1 Å². The van der Waals surface area contributed by atoms with E-state index >= 15 is 0 Å². The first-order chi connectivity index (χ1) is 7.33. The summed E-state index contributed by atoms with van der Waals surface area (Å²) < 4.78 is 0. The minimum atomic E-state index is -0.333. The topological polar surface area (TPSA) is 39.1 Å². The third kappa shape index (κ3) is 3.47. The highest BCUT2D eigenvalue weighted by Crippen LogP contribution is 2.39. The first-order valence-corrected chi connectivity index (χ1v) is 6.12. The van der Waals surface area contributed by atoms with Crippen molar-refractivity contribution in [2.75, 3.05) is 27.2 Å². The quantitative estimate of drug-likeness (QED) is 0.773. The van der Waals surface area contributed by atoms with Crippen LogP contribution in [0.5, 0.6) is 0 Å². The molecule has 0 saturated heterocycles. The first-order valence-electron chi connectivity index (χ1n) is 6.12. The highest BCUT2D eigenvalue weighted by molar-refractivity contribution is 5.16. The van der Waals surface area contributed by atoms with Gasteiger partial charge in [0.1, 0.15) is 5.54 Å². The predicted octanol–water partition coefficient (Wildman–Crippen LogP) is 1.86. The van der Waals surface area contributed by atoms with Crippen molar-refractivity contribution in [1.29, 1.82) is 5.26 Å². The number of likely N-dealkylation sites (N-methyl/N-ethyl adjacent to an activating group) is 2. The van der Waals surface area contributed by atoms with E-state index < -0.39 is 0 Å². The summed E-state index contributed by atoms with van der Waals surface area (Å²) in [6, 6.07) is 2.49. The Kier molecular flexibility index (Phi) is 3.98. The maximum Gasteiger partial charge on any atom is 0.122 e. The van der Waals surface area contributed by atoms with Gasteiger partial charge in [-0.1, -0.05) is 20.8 Å². The molecule has 0 spiro atoms. The second kappa shape index (κ2) is 4.73. The Labute approximate surface area is 99.8 Å². The Morgan fingerprint density at radius 1 is 1.31 bits per heavy atom. The maximum atomic E-state index is 9.39. The Bertz CT molecular complexity index is 270. The van der Waals surface area contributed by atoms with Crippen LogP contribution in [0.4, 0.5) is 0 Å². The lowest BCUT2D eigenvalue weighted by molar-refractivity contribution is 0.180. The van der Waals surface area contributed by atoms with Gasteiger partial charge in [-0.05, 0) is 38.3 Å². The summed E-state index contributed by atoms with van der Waals surface area (Å²) in [4.78, 5) is 2.28. The maximum absolute atomic E-state index is 9.39. The third-order valence-electron chi connectivity index (χ3n) is 3.18. The van der Waals surface area contributed by atoms with Crippen LogP contribution >= 0.6 is 0 Å². The van der Waals surface area contributed by atoms with Crippen LogP contribution in [0.15, 0.2) is 0 Å². The molecule has 1 aliphatic rings. The van der Waals surface area contributed by atoms with Gasteiger partial charge in [0, 0.05) is 13.1 Å². The van der Waals surface area contributed by atoms with Crippen LogP contribution in [-0.4, -0.2) is 37.6 Å². The molecule has 1 unspecified atom stereocenters. The van der Waals surface area contributed by atoms with E-state index in [1.54, 1.807) is 0 Å². The van der Waals surface area contributed by atoms with Crippen molar-refractivity contribution in [3.05, 3.63) is 0 Å². The van der Waals surface area contributed by atoms with Crippen molar-refractivity contribution in [3.8, 4) is 6.07 Å². The molecule has 3 nitrogen and oxygen atoms in total. The highest BCUT2D eigenvalue weighted by atomic mass is 15.2. The Morgan fingerprint density at radius 2 is 1.88 bits per heavy atom. The molecule has 3 heteroatoms. The van der Waals surface area contributed by atoms with E-state index in [0.29, 0.717) is 5.92 Å². The Hall–Kier alpha value is -0.590. The van der Waals surface area contributed by atoms with Crippen molar-refractivity contribution >= 4 is 0 Å².